The average molecular weight is 313 g/mol. The molecule has 0 aromatic carbocycles. The largest absolute Gasteiger partial charge is 0.432 e. The van der Waals surface area contributed by atoms with Gasteiger partial charge in [0.1, 0.15) is 0 Å². The van der Waals surface area contributed by atoms with Crippen molar-refractivity contribution in [1.82, 2.24) is 0 Å². The molecular formula is C12H26Cl2OSi2. The highest BCUT2D eigenvalue weighted by molar-refractivity contribution is 7.33. The Hall–Kier alpha value is 0.974. The highest BCUT2D eigenvalue weighted by atomic mass is 35.6. The van der Waals surface area contributed by atoms with Crippen LogP contribution in [0.1, 0.15) is 55.4 Å². The smallest absolute Gasteiger partial charge is 0.292 e. The fourth-order valence-electron chi connectivity index (χ4n) is 2.57. The number of halogens is 2. The normalized spacial score (nSPS) is 25.4. The van der Waals surface area contributed by atoms with Crippen molar-refractivity contribution >= 4 is 37.4 Å². The average Bonchev–Trinajstić information content (AvgIpc) is 2.43. The Bertz CT molecular complexity index is 290. The maximum atomic E-state index is 6.87. The molecule has 0 unspecified atom stereocenters. The number of rotatable bonds is 4. The van der Waals surface area contributed by atoms with Crippen molar-refractivity contribution in [2.75, 3.05) is 0 Å². The molecule has 0 saturated carbocycles. The van der Waals surface area contributed by atoms with Crippen molar-refractivity contribution < 1.29 is 4.12 Å². The molecular weight excluding hydrogens is 287 g/mol. The molecule has 1 saturated heterocycles. The van der Waals surface area contributed by atoms with Crippen molar-refractivity contribution in [2.45, 2.75) is 76.5 Å². The molecule has 0 amide bonds. The maximum Gasteiger partial charge on any atom is 0.292 e. The van der Waals surface area contributed by atoms with Crippen LogP contribution in [-0.2, 0) is 4.12 Å². The predicted octanol–water partition coefficient (Wildman–Crippen LogP) is 5.76. The van der Waals surface area contributed by atoms with Crippen molar-refractivity contribution in [3.63, 3.8) is 0 Å². The number of hydrogen-bond donors (Lipinski definition) is 0. The first-order chi connectivity index (χ1) is 7.34. The van der Waals surface area contributed by atoms with E-state index in [2.05, 4.69) is 55.4 Å². The van der Waals surface area contributed by atoms with Crippen LogP contribution in [0.25, 0.3) is 0 Å². The topological polar surface area (TPSA) is 9.23 Å². The van der Waals surface area contributed by atoms with Gasteiger partial charge in [-0.25, -0.2) is 0 Å². The first-order valence-corrected chi connectivity index (χ1v) is 12.4. The highest BCUT2D eigenvalue weighted by Crippen LogP contribution is 2.83. The van der Waals surface area contributed by atoms with Gasteiger partial charge < -0.3 is 4.12 Å². The molecule has 17 heavy (non-hydrogen) atoms. The molecule has 0 aromatic heterocycles. The standard InChI is InChI=1S/C12H26Cl2OSi2/c1-9(2)16(13,10(3)4)15-17(14)11(5,6)12(17,7)8/h9-10H,1-8H3. The van der Waals surface area contributed by atoms with E-state index in [1.165, 1.54) is 0 Å². The van der Waals surface area contributed by atoms with E-state index in [0.29, 0.717) is 11.1 Å². The molecule has 0 radical (unpaired) electrons. The lowest BCUT2D eigenvalue weighted by molar-refractivity contribution is 0.536. The van der Waals surface area contributed by atoms with Crippen LogP contribution in [0.5, 0.6) is 0 Å². The Morgan fingerprint density at radius 3 is 1.41 bits per heavy atom. The summed E-state index contributed by atoms with van der Waals surface area (Å²) in [5.74, 6) is 0. The van der Waals surface area contributed by atoms with E-state index in [1.54, 1.807) is 0 Å². The van der Waals surface area contributed by atoms with Gasteiger partial charge >= 0.3 is 0 Å². The van der Waals surface area contributed by atoms with E-state index in [-0.39, 0.29) is 10.1 Å². The van der Waals surface area contributed by atoms with Gasteiger partial charge in [-0.2, -0.15) is 0 Å². The van der Waals surface area contributed by atoms with Gasteiger partial charge in [-0.05, 0) is 11.1 Å². The summed E-state index contributed by atoms with van der Waals surface area (Å²) >= 11 is 13.7. The van der Waals surface area contributed by atoms with Crippen molar-refractivity contribution in [3.05, 3.63) is 0 Å². The first kappa shape index (κ1) is 16.0. The van der Waals surface area contributed by atoms with E-state index in [1.807, 2.05) is 0 Å². The molecule has 1 heterocycles. The van der Waals surface area contributed by atoms with Gasteiger partial charge in [0.25, 0.3) is 15.3 Å². The zero-order valence-electron chi connectivity index (χ0n) is 12.3. The van der Waals surface area contributed by atoms with Crippen molar-refractivity contribution in [3.8, 4) is 0 Å². The van der Waals surface area contributed by atoms with E-state index in [0.717, 1.165) is 0 Å². The first-order valence-electron chi connectivity index (χ1n) is 6.42. The molecule has 0 atom stereocenters. The zero-order chi connectivity index (χ0) is 13.9. The SMILES string of the molecule is CC(C)[Si](Cl)(O[Si]1(Cl)C(C)(C)C1(C)C)C(C)C. The predicted molar refractivity (Wildman–Crippen MR) is 82.6 cm³/mol. The molecule has 0 spiro atoms. The van der Waals surface area contributed by atoms with Crippen LogP contribution in [0.15, 0.2) is 0 Å². The minimum Gasteiger partial charge on any atom is -0.432 e. The fraction of sp³-hybridized carbons (Fsp3) is 1.00. The highest BCUT2D eigenvalue weighted by Gasteiger charge is 2.83. The van der Waals surface area contributed by atoms with E-state index < -0.39 is 15.3 Å². The Balaban J connectivity index is 3.00. The Morgan fingerprint density at radius 2 is 1.24 bits per heavy atom. The van der Waals surface area contributed by atoms with Gasteiger partial charge in [0.2, 0.25) is 0 Å². The lowest BCUT2D eigenvalue weighted by Gasteiger charge is -2.35. The summed E-state index contributed by atoms with van der Waals surface area (Å²) in [5.41, 5.74) is 0.777. The van der Waals surface area contributed by atoms with Crippen LogP contribution < -0.4 is 0 Å². The lowest BCUT2D eigenvalue weighted by atomic mass is 10.0. The Morgan fingerprint density at radius 1 is 0.941 bits per heavy atom. The van der Waals surface area contributed by atoms with Gasteiger partial charge in [0.15, 0.2) is 0 Å². The van der Waals surface area contributed by atoms with Crippen LogP contribution in [0.2, 0.25) is 21.2 Å². The minimum atomic E-state index is -2.25. The molecule has 102 valence electrons. The van der Waals surface area contributed by atoms with E-state index in [9.17, 15) is 0 Å². The second kappa shape index (κ2) is 4.24. The molecule has 0 aliphatic carbocycles. The monoisotopic (exact) mass is 312 g/mol. The van der Waals surface area contributed by atoms with Gasteiger partial charge in [0, 0.05) is 10.1 Å². The summed E-state index contributed by atoms with van der Waals surface area (Å²) in [4.78, 5) is 0. The fourth-order valence-corrected chi connectivity index (χ4v) is 16.3. The summed E-state index contributed by atoms with van der Waals surface area (Å²) < 4.78 is 6.50. The van der Waals surface area contributed by atoms with Crippen LogP contribution in [0, 0.1) is 0 Å². The van der Waals surface area contributed by atoms with Crippen molar-refractivity contribution in [1.29, 1.82) is 0 Å². The Labute approximate surface area is 118 Å². The van der Waals surface area contributed by atoms with Crippen molar-refractivity contribution in [2.24, 2.45) is 0 Å². The molecule has 5 heteroatoms. The maximum absolute atomic E-state index is 6.87. The third-order valence-electron chi connectivity index (χ3n) is 4.98. The van der Waals surface area contributed by atoms with Gasteiger partial charge in [-0.3, -0.25) is 0 Å². The van der Waals surface area contributed by atoms with Gasteiger partial charge in [0.05, 0.1) is 0 Å². The molecule has 1 fully saturated rings. The molecule has 1 nitrogen and oxygen atoms in total. The molecule has 1 rings (SSSR count). The summed E-state index contributed by atoms with van der Waals surface area (Å²) in [6.07, 6.45) is 0. The summed E-state index contributed by atoms with van der Waals surface area (Å²) in [6.45, 7) is 17.5. The summed E-state index contributed by atoms with van der Waals surface area (Å²) in [7, 11) is -4.47. The van der Waals surface area contributed by atoms with Crippen LogP contribution in [-0.4, -0.2) is 15.3 Å². The van der Waals surface area contributed by atoms with Crippen LogP contribution >= 0.6 is 22.2 Å². The van der Waals surface area contributed by atoms with Crippen LogP contribution in [0.4, 0.5) is 0 Å². The quantitative estimate of drug-likeness (QED) is 0.473. The third-order valence-corrected chi connectivity index (χ3v) is 21.6. The number of hydrogen-bond acceptors (Lipinski definition) is 1. The minimum absolute atomic E-state index is 0.110. The Kier molecular flexibility index (Phi) is 3.99. The lowest BCUT2D eigenvalue weighted by Crippen LogP contribution is -2.45. The summed E-state index contributed by atoms with van der Waals surface area (Å²) in [5, 5.41) is 0.219. The summed E-state index contributed by atoms with van der Waals surface area (Å²) in [6, 6.07) is 0. The van der Waals surface area contributed by atoms with Gasteiger partial charge in [-0.15, -0.1) is 22.2 Å². The van der Waals surface area contributed by atoms with E-state index >= 15 is 0 Å². The zero-order valence-corrected chi connectivity index (χ0v) is 15.8. The molecule has 0 aromatic rings. The molecule has 1 aliphatic rings. The van der Waals surface area contributed by atoms with Gasteiger partial charge in [-0.1, -0.05) is 55.4 Å². The second-order valence-electron chi connectivity index (χ2n) is 6.95. The van der Waals surface area contributed by atoms with E-state index in [4.69, 9.17) is 26.3 Å². The molecule has 1 aliphatic heterocycles. The molecule has 0 bridgehead atoms. The third kappa shape index (κ3) is 1.97. The second-order valence-corrected chi connectivity index (χ2v) is 18.5. The van der Waals surface area contributed by atoms with Crippen LogP contribution in [0.3, 0.4) is 0 Å². The molecule has 0 N–H and O–H groups in total.